The topological polar surface area (TPSA) is 78.5 Å². The average molecular weight is 402 g/mol. The van der Waals surface area contributed by atoms with E-state index in [0.29, 0.717) is 17.5 Å². The number of carbonyl (C=O) groups excluding carboxylic acids is 1. The van der Waals surface area contributed by atoms with Gasteiger partial charge in [-0.3, -0.25) is 0 Å². The van der Waals surface area contributed by atoms with E-state index in [-0.39, 0.29) is 22.7 Å². The summed E-state index contributed by atoms with van der Waals surface area (Å²) in [6.07, 6.45) is 7.28. The average Bonchev–Trinajstić information content (AvgIpc) is 2.56. The van der Waals surface area contributed by atoms with Gasteiger partial charge in [-0.1, -0.05) is 30.9 Å². The Labute approximate surface area is 161 Å². The van der Waals surface area contributed by atoms with E-state index in [9.17, 15) is 13.2 Å². The lowest BCUT2D eigenvalue weighted by Gasteiger charge is -2.35. The number of amides is 2. The molecule has 6 nitrogen and oxygen atoms in total. The molecule has 2 N–H and O–H groups in total. The first-order valence-electron chi connectivity index (χ1n) is 8.89. The minimum absolute atomic E-state index is 0.116. The molecule has 0 aromatic heterocycles. The summed E-state index contributed by atoms with van der Waals surface area (Å²) in [4.78, 5) is 14.6. The van der Waals surface area contributed by atoms with E-state index in [4.69, 9.17) is 11.6 Å². The normalized spacial score (nSPS) is 17.1. The fourth-order valence-electron chi connectivity index (χ4n) is 3.48. The van der Waals surface area contributed by atoms with E-state index in [2.05, 4.69) is 15.5 Å². The first kappa shape index (κ1) is 21.0. The number of urea groups is 1. The molecule has 1 fully saturated rings. The van der Waals surface area contributed by atoms with Gasteiger partial charge in [-0.25, -0.2) is 13.2 Å². The predicted octanol–water partition coefficient (Wildman–Crippen LogP) is 3.38. The number of halogens is 1. The van der Waals surface area contributed by atoms with Gasteiger partial charge < -0.3 is 15.5 Å². The van der Waals surface area contributed by atoms with Crippen molar-refractivity contribution < 1.29 is 13.2 Å². The third kappa shape index (κ3) is 5.86. The van der Waals surface area contributed by atoms with E-state index in [0.717, 1.165) is 6.26 Å². The van der Waals surface area contributed by atoms with E-state index >= 15 is 0 Å². The van der Waals surface area contributed by atoms with Crippen molar-refractivity contribution in [2.24, 2.45) is 5.92 Å². The van der Waals surface area contributed by atoms with Crippen LogP contribution in [0.15, 0.2) is 23.1 Å². The number of rotatable bonds is 6. The Morgan fingerprint density at radius 2 is 1.92 bits per heavy atom. The number of benzene rings is 1. The van der Waals surface area contributed by atoms with Crippen LogP contribution in [0.3, 0.4) is 0 Å². The molecule has 1 aromatic rings. The summed E-state index contributed by atoms with van der Waals surface area (Å²) in [6.45, 7) is 0.535. The van der Waals surface area contributed by atoms with Gasteiger partial charge in [0.25, 0.3) is 0 Å². The summed E-state index contributed by atoms with van der Waals surface area (Å²) in [5.74, 6) is 0.580. The van der Waals surface area contributed by atoms with Crippen molar-refractivity contribution in [1.82, 2.24) is 10.2 Å². The highest BCUT2D eigenvalue weighted by molar-refractivity contribution is 7.90. The highest BCUT2D eigenvalue weighted by Crippen LogP contribution is 2.28. The van der Waals surface area contributed by atoms with Gasteiger partial charge in [0.1, 0.15) is 0 Å². The third-order valence-corrected chi connectivity index (χ3v) is 6.38. The van der Waals surface area contributed by atoms with E-state index in [1.165, 1.54) is 50.3 Å². The number of likely N-dealkylation sites (N-methyl/N-ethyl adjacent to an activating group) is 1. The Balaban J connectivity index is 1.99. The molecule has 1 aliphatic carbocycles. The molecule has 0 bridgehead atoms. The molecular formula is C18H28ClN3O3S. The standard InChI is InChI=1S/C18H28ClN3O3S/c1-22(2)17(13-7-5-4-6-8-13)12-20-18(23)21-16-11-14(26(3,24)25)9-10-15(16)19/h9-11,13,17H,4-8,12H2,1-3H3,(H2,20,21,23)/t17-/m1/s1. The molecule has 1 atom stereocenters. The first-order chi connectivity index (χ1) is 12.2. The van der Waals surface area contributed by atoms with Gasteiger partial charge >= 0.3 is 6.03 Å². The zero-order valence-electron chi connectivity index (χ0n) is 15.6. The predicted molar refractivity (Wildman–Crippen MR) is 106 cm³/mol. The quantitative estimate of drug-likeness (QED) is 0.765. The van der Waals surface area contributed by atoms with E-state index in [1.807, 2.05) is 14.1 Å². The Kier molecular flexibility index (Phi) is 7.32. The van der Waals surface area contributed by atoms with Crippen LogP contribution in [0.25, 0.3) is 0 Å². The number of hydrogen-bond donors (Lipinski definition) is 2. The van der Waals surface area contributed by atoms with Gasteiger partial charge in [0.05, 0.1) is 15.6 Å². The van der Waals surface area contributed by atoms with Crippen LogP contribution in [-0.4, -0.2) is 52.3 Å². The number of hydrogen-bond acceptors (Lipinski definition) is 4. The molecular weight excluding hydrogens is 374 g/mol. The van der Waals surface area contributed by atoms with Crippen LogP contribution in [0.5, 0.6) is 0 Å². The maximum absolute atomic E-state index is 12.3. The van der Waals surface area contributed by atoms with Crippen molar-refractivity contribution in [2.75, 3.05) is 32.2 Å². The van der Waals surface area contributed by atoms with Crippen molar-refractivity contribution in [3.8, 4) is 0 Å². The van der Waals surface area contributed by atoms with E-state index in [1.54, 1.807) is 0 Å². The molecule has 0 heterocycles. The lowest BCUT2D eigenvalue weighted by Crippen LogP contribution is -2.46. The van der Waals surface area contributed by atoms with Crippen LogP contribution in [0.1, 0.15) is 32.1 Å². The fraction of sp³-hybridized carbons (Fsp3) is 0.611. The fourth-order valence-corrected chi connectivity index (χ4v) is 4.30. The van der Waals surface area contributed by atoms with Crippen LogP contribution in [0.2, 0.25) is 5.02 Å². The van der Waals surface area contributed by atoms with Crippen LogP contribution < -0.4 is 10.6 Å². The SMILES string of the molecule is CN(C)[C@H](CNC(=O)Nc1cc(S(C)(=O)=O)ccc1Cl)C1CCCCC1. The van der Waals surface area contributed by atoms with Gasteiger partial charge in [-0.2, -0.15) is 0 Å². The maximum atomic E-state index is 12.3. The second-order valence-electron chi connectivity index (χ2n) is 7.18. The summed E-state index contributed by atoms with van der Waals surface area (Å²) in [6, 6.07) is 4.16. The molecule has 0 spiro atoms. The Hall–Kier alpha value is -1.31. The van der Waals surface area contributed by atoms with Crippen molar-refractivity contribution in [2.45, 2.75) is 43.0 Å². The van der Waals surface area contributed by atoms with Crippen LogP contribution >= 0.6 is 11.6 Å². The van der Waals surface area contributed by atoms with Crippen molar-refractivity contribution in [1.29, 1.82) is 0 Å². The second kappa shape index (κ2) is 9.06. The number of carbonyl (C=O) groups is 1. The Bertz CT molecular complexity index is 731. The van der Waals surface area contributed by atoms with Crippen molar-refractivity contribution >= 4 is 33.2 Å². The molecule has 0 unspecified atom stereocenters. The largest absolute Gasteiger partial charge is 0.336 e. The molecule has 1 aromatic carbocycles. The minimum atomic E-state index is -3.37. The zero-order valence-corrected chi connectivity index (χ0v) is 17.2. The zero-order chi connectivity index (χ0) is 19.3. The molecule has 1 aliphatic rings. The lowest BCUT2D eigenvalue weighted by molar-refractivity contribution is 0.167. The van der Waals surface area contributed by atoms with Crippen molar-refractivity contribution in [3.63, 3.8) is 0 Å². The third-order valence-electron chi connectivity index (χ3n) is 4.94. The Morgan fingerprint density at radius 3 is 2.50 bits per heavy atom. The molecule has 146 valence electrons. The van der Waals surface area contributed by atoms with Gasteiger partial charge in [0.15, 0.2) is 9.84 Å². The van der Waals surface area contributed by atoms with Gasteiger partial charge in [-0.05, 0) is 51.1 Å². The number of nitrogens with one attached hydrogen (secondary N) is 2. The van der Waals surface area contributed by atoms with E-state index < -0.39 is 9.84 Å². The molecule has 2 amide bonds. The summed E-state index contributed by atoms with van der Waals surface area (Å²) in [7, 11) is 0.700. The minimum Gasteiger partial charge on any atom is -0.336 e. The Morgan fingerprint density at radius 1 is 1.27 bits per heavy atom. The second-order valence-corrected chi connectivity index (χ2v) is 9.60. The highest BCUT2D eigenvalue weighted by Gasteiger charge is 2.25. The maximum Gasteiger partial charge on any atom is 0.319 e. The molecule has 8 heteroatoms. The molecule has 2 rings (SSSR count). The molecule has 0 aliphatic heterocycles. The molecule has 0 radical (unpaired) electrons. The summed E-state index contributed by atoms with van der Waals surface area (Å²) >= 11 is 6.08. The van der Waals surface area contributed by atoms with Crippen LogP contribution in [-0.2, 0) is 9.84 Å². The van der Waals surface area contributed by atoms with Gasteiger partial charge in [0.2, 0.25) is 0 Å². The number of nitrogens with zero attached hydrogens (tertiary/aromatic N) is 1. The lowest BCUT2D eigenvalue weighted by atomic mass is 9.83. The van der Waals surface area contributed by atoms with Crippen LogP contribution in [0, 0.1) is 5.92 Å². The number of sulfone groups is 1. The van der Waals surface area contributed by atoms with Gasteiger partial charge in [0, 0.05) is 18.8 Å². The van der Waals surface area contributed by atoms with Gasteiger partial charge in [-0.15, -0.1) is 0 Å². The van der Waals surface area contributed by atoms with Crippen LogP contribution in [0.4, 0.5) is 10.5 Å². The van der Waals surface area contributed by atoms with Crippen molar-refractivity contribution in [3.05, 3.63) is 23.2 Å². The monoisotopic (exact) mass is 401 g/mol. The summed E-state index contributed by atoms with van der Waals surface area (Å²) < 4.78 is 23.3. The molecule has 26 heavy (non-hydrogen) atoms. The molecule has 1 saturated carbocycles. The summed E-state index contributed by atoms with van der Waals surface area (Å²) in [5.41, 5.74) is 0.283. The first-order valence-corrected chi connectivity index (χ1v) is 11.2. The number of anilines is 1. The molecule has 0 saturated heterocycles. The summed E-state index contributed by atoms with van der Waals surface area (Å²) in [5, 5.41) is 5.85. The smallest absolute Gasteiger partial charge is 0.319 e. The highest BCUT2D eigenvalue weighted by atomic mass is 35.5.